The maximum atomic E-state index is 13.6. The number of benzene rings is 2. The highest BCUT2D eigenvalue weighted by Crippen LogP contribution is 2.47. The van der Waals surface area contributed by atoms with Gasteiger partial charge in [0.15, 0.2) is 5.78 Å². The summed E-state index contributed by atoms with van der Waals surface area (Å²) < 4.78 is 5.60. The second kappa shape index (κ2) is 7.75. The molecule has 0 saturated carbocycles. The Morgan fingerprint density at radius 2 is 1.84 bits per heavy atom. The summed E-state index contributed by atoms with van der Waals surface area (Å²) in [7, 11) is 0. The molecule has 3 aromatic rings. The van der Waals surface area contributed by atoms with Gasteiger partial charge in [0, 0.05) is 35.6 Å². The van der Waals surface area contributed by atoms with E-state index in [0.29, 0.717) is 23.4 Å². The van der Waals surface area contributed by atoms with Gasteiger partial charge in [-0.15, -0.1) is 0 Å². The van der Waals surface area contributed by atoms with E-state index in [4.69, 9.17) is 16.0 Å². The molecule has 5 nitrogen and oxygen atoms in total. The zero-order valence-corrected chi connectivity index (χ0v) is 17.7. The molecular formula is C25H21ClN2O3. The first-order chi connectivity index (χ1) is 15.0. The number of halogens is 1. The monoisotopic (exact) mass is 432 g/mol. The van der Waals surface area contributed by atoms with Gasteiger partial charge < -0.3 is 9.73 Å². The number of carbonyl (C=O) groups is 2. The molecule has 2 aliphatic rings. The molecule has 5 rings (SSSR count). The van der Waals surface area contributed by atoms with Crippen LogP contribution in [0, 0.1) is 0 Å². The van der Waals surface area contributed by atoms with Crippen molar-refractivity contribution in [3.63, 3.8) is 0 Å². The molecule has 6 heteroatoms. The van der Waals surface area contributed by atoms with Crippen molar-refractivity contribution in [1.29, 1.82) is 0 Å². The third-order valence-corrected chi connectivity index (χ3v) is 6.21. The molecule has 156 valence electrons. The van der Waals surface area contributed by atoms with Crippen molar-refractivity contribution in [2.75, 3.05) is 10.2 Å². The van der Waals surface area contributed by atoms with Gasteiger partial charge >= 0.3 is 0 Å². The molecule has 0 bridgehead atoms. The van der Waals surface area contributed by atoms with Crippen molar-refractivity contribution < 1.29 is 14.0 Å². The van der Waals surface area contributed by atoms with Crippen LogP contribution in [0.25, 0.3) is 0 Å². The zero-order valence-electron chi connectivity index (χ0n) is 17.0. The van der Waals surface area contributed by atoms with E-state index >= 15 is 0 Å². The van der Waals surface area contributed by atoms with Crippen LogP contribution < -0.4 is 10.2 Å². The third kappa shape index (κ3) is 3.45. The third-order valence-electron chi connectivity index (χ3n) is 5.96. The molecule has 31 heavy (non-hydrogen) atoms. The second-order valence-electron chi connectivity index (χ2n) is 7.92. The lowest BCUT2D eigenvalue weighted by Gasteiger charge is -2.34. The minimum atomic E-state index is -0.536. The van der Waals surface area contributed by atoms with Crippen molar-refractivity contribution in [3.05, 3.63) is 94.5 Å². The average molecular weight is 433 g/mol. The normalized spacial score (nSPS) is 20.6. The Morgan fingerprint density at radius 1 is 1.06 bits per heavy atom. The first-order valence-electron chi connectivity index (χ1n) is 10.2. The van der Waals surface area contributed by atoms with Crippen LogP contribution in [0.4, 0.5) is 11.4 Å². The summed E-state index contributed by atoms with van der Waals surface area (Å²) in [6.45, 7) is 1.53. The summed E-state index contributed by atoms with van der Waals surface area (Å²) in [6, 6.07) is 18.2. The average Bonchev–Trinajstić information content (AvgIpc) is 3.24. The topological polar surface area (TPSA) is 62.6 Å². The first kappa shape index (κ1) is 19.6. The van der Waals surface area contributed by atoms with Crippen molar-refractivity contribution >= 4 is 34.7 Å². The minimum absolute atomic E-state index is 0.00848. The number of Topliss-reactive ketones (excluding diaryl/α,β-unsaturated/α-hetero) is 1. The molecule has 0 saturated heterocycles. The molecule has 1 aliphatic heterocycles. The Kier molecular flexibility index (Phi) is 4.91. The molecule has 0 spiro atoms. The van der Waals surface area contributed by atoms with E-state index in [9.17, 15) is 9.59 Å². The number of allylic oxidation sites excluding steroid dienone is 1. The molecular weight excluding hydrogens is 412 g/mol. The Labute approximate surface area is 185 Å². The maximum absolute atomic E-state index is 13.6. The Morgan fingerprint density at radius 3 is 2.55 bits per heavy atom. The van der Waals surface area contributed by atoms with Crippen LogP contribution in [0.5, 0.6) is 0 Å². The minimum Gasteiger partial charge on any atom is -0.469 e. The lowest BCUT2D eigenvalue weighted by molar-refractivity contribution is -0.117. The Bertz CT molecular complexity index is 1180. The van der Waals surface area contributed by atoms with E-state index < -0.39 is 6.04 Å². The van der Waals surface area contributed by atoms with Gasteiger partial charge in [-0.05, 0) is 48.4 Å². The Hall–Kier alpha value is -3.31. The zero-order chi connectivity index (χ0) is 21.5. The molecule has 1 N–H and O–H groups in total. The molecule has 0 unspecified atom stereocenters. The van der Waals surface area contributed by atoms with Gasteiger partial charge in [0.25, 0.3) is 0 Å². The summed E-state index contributed by atoms with van der Waals surface area (Å²) in [6.07, 6.45) is 2.59. The molecule has 2 aromatic carbocycles. The van der Waals surface area contributed by atoms with E-state index in [0.717, 1.165) is 28.4 Å². The fourth-order valence-electron chi connectivity index (χ4n) is 4.62. The van der Waals surface area contributed by atoms with Crippen molar-refractivity contribution in [3.8, 4) is 0 Å². The summed E-state index contributed by atoms with van der Waals surface area (Å²) in [5.41, 5.74) is 3.84. The number of nitrogens with zero attached hydrogens (tertiary/aromatic N) is 1. The van der Waals surface area contributed by atoms with Crippen molar-refractivity contribution in [2.24, 2.45) is 0 Å². The number of anilines is 2. The fraction of sp³-hybridized carbons (Fsp3) is 0.200. The number of carbonyl (C=O) groups excluding carboxylic acids is 2. The van der Waals surface area contributed by atoms with E-state index in [1.165, 1.54) is 6.92 Å². The van der Waals surface area contributed by atoms with E-state index in [1.54, 1.807) is 23.3 Å². The molecule has 0 radical (unpaired) electrons. The number of furan rings is 1. The van der Waals surface area contributed by atoms with Gasteiger partial charge in [0.2, 0.25) is 5.91 Å². The van der Waals surface area contributed by atoms with Crippen LogP contribution in [0.15, 0.2) is 82.6 Å². The summed E-state index contributed by atoms with van der Waals surface area (Å²) in [5.74, 6) is 0.624. The highest BCUT2D eigenvalue weighted by molar-refractivity contribution is 6.30. The van der Waals surface area contributed by atoms with Gasteiger partial charge in [-0.1, -0.05) is 35.9 Å². The van der Waals surface area contributed by atoms with Crippen LogP contribution >= 0.6 is 11.6 Å². The van der Waals surface area contributed by atoms with E-state index in [-0.39, 0.29) is 17.6 Å². The molecule has 2 atom stereocenters. The van der Waals surface area contributed by atoms with Crippen LogP contribution in [-0.2, 0) is 9.59 Å². The van der Waals surface area contributed by atoms with Gasteiger partial charge in [0.1, 0.15) is 5.76 Å². The van der Waals surface area contributed by atoms with E-state index in [2.05, 4.69) is 5.32 Å². The van der Waals surface area contributed by atoms with Crippen molar-refractivity contribution in [2.45, 2.75) is 31.7 Å². The fourth-order valence-corrected chi connectivity index (χ4v) is 4.75. The van der Waals surface area contributed by atoms with Crippen LogP contribution in [-0.4, -0.2) is 11.7 Å². The number of para-hydroxylation sites is 2. The lowest BCUT2D eigenvalue weighted by Crippen LogP contribution is -2.37. The number of hydrogen-bond acceptors (Lipinski definition) is 4. The number of hydrogen-bond donors (Lipinski definition) is 1. The van der Waals surface area contributed by atoms with Gasteiger partial charge in [-0.2, -0.15) is 0 Å². The predicted molar refractivity (Wildman–Crippen MR) is 120 cm³/mol. The SMILES string of the molecule is CC(=O)N1c2ccccc2NC2=C(C(=O)C[C@@H](c3ccco3)C2)[C@H]1c1ccc(Cl)cc1. The van der Waals surface area contributed by atoms with Crippen molar-refractivity contribution in [1.82, 2.24) is 0 Å². The quantitative estimate of drug-likeness (QED) is 0.551. The van der Waals surface area contributed by atoms with Gasteiger partial charge in [-0.3, -0.25) is 14.5 Å². The van der Waals surface area contributed by atoms with Crippen LogP contribution in [0.2, 0.25) is 5.02 Å². The highest BCUT2D eigenvalue weighted by Gasteiger charge is 2.41. The highest BCUT2D eigenvalue weighted by atomic mass is 35.5. The molecule has 2 heterocycles. The first-order valence-corrected chi connectivity index (χ1v) is 10.6. The molecule has 1 aromatic heterocycles. The summed E-state index contributed by atoms with van der Waals surface area (Å²) in [5, 5.41) is 4.08. The van der Waals surface area contributed by atoms with E-state index in [1.807, 2.05) is 48.5 Å². The number of amides is 1. The Balaban J connectivity index is 1.72. The summed E-state index contributed by atoms with van der Waals surface area (Å²) in [4.78, 5) is 28.2. The standard InChI is InChI=1S/C25H21ClN2O3/c1-15(29)28-21-6-3-2-5-19(21)27-20-13-17(23-7-4-12-31-23)14-22(30)24(20)25(28)16-8-10-18(26)11-9-16/h2-12,17,25,27H,13-14H2,1H3/t17-,25+/m0/s1. The second-order valence-corrected chi connectivity index (χ2v) is 8.36. The predicted octanol–water partition coefficient (Wildman–Crippen LogP) is 5.85. The summed E-state index contributed by atoms with van der Waals surface area (Å²) >= 11 is 6.12. The van der Waals surface area contributed by atoms with Gasteiger partial charge in [-0.25, -0.2) is 0 Å². The number of nitrogens with one attached hydrogen (secondary N) is 1. The molecule has 0 fully saturated rings. The lowest BCUT2D eigenvalue weighted by atomic mass is 9.80. The molecule has 1 amide bonds. The largest absolute Gasteiger partial charge is 0.469 e. The van der Waals surface area contributed by atoms with Crippen LogP contribution in [0.3, 0.4) is 0 Å². The number of rotatable bonds is 2. The smallest absolute Gasteiger partial charge is 0.224 e. The number of fused-ring (bicyclic) bond motifs is 1. The maximum Gasteiger partial charge on any atom is 0.224 e. The van der Waals surface area contributed by atoms with Gasteiger partial charge in [0.05, 0.1) is 23.7 Å². The molecule has 1 aliphatic carbocycles. The van der Waals surface area contributed by atoms with Crippen LogP contribution in [0.1, 0.15) is 43.0 Å². The number of ketones is 1.